The molecule has 0 unspecified atom stereocenters. The third kappa shape index (κ3) is 4.03. The van der Waals surface area contributed by atoms with Crippen LogP contribution in [-0.4, -0.2) is 22.4 Å². The summed E-state index contributed by atoms with van der Waals surface area (Å²) in [7, 11) is 0. The van der Waals surface area contributed by atoms with E-state index >= 15 is 0 Å². The first-order chi connectivity index (χ1) is 11.1. The van der Waals surface area contributed by atoms with Crippen LogP contribution in [0.15, 0.2) is 42.6 Å². The van der Waals surface area contributed by atoms with Gasteiger partial charge in [-0.2, -0.15) is 0 Å². The molecule has 0 radical (unpaired) electrons. The third-order valence-corrected chi connectivity index (χ3v) is 3.50. The zero-order valence-electron chi connectivity index (χ0n) is 12.3. The van der Waals surface area contributed by atoms with E-state index in [1.807, 2.05) is 0 Å². The summed E-state index contributed by atoms with van der Waals surface area (Å²) in [6, 6.07) is 8.90. The van der Waals surface area contributed by atoms with Gasteiger partial charge in [-0.25, -0.2) is 0 Å². The van der Waals surface area contributed by atoms with Gasteiger partial charge >= 0.3 is 0 Å². The highest BCUT2D eigenvalue weighted by Crippen LogP contribution is 2.28. The largest absolute Gasteiger partial charge is 0.457 e. The number of amides is 1. The Bertz CT molecular complexity index is 726. The molecule has 7 heteroatoms. The smallest absolute Gasteiger partial charge is 0.270 e. The molecule has 118 valence electrons. The maximum atomic E-state index is 12.0. The van der Waals surface area contributed by atoms with Crippen LogP contribution in [0.4, 0.5) is 5.69 Å². The number of pyridine rings is 1. The van der Waals surface area contributed by atoms with Crippen LogP contribution >= 0.6 is 0 Å². The Morgan fingerprint density at radius 2 is 2.00 bits per heavy atom. The van der Waals surface area contributed by atoms with Crippen molar-refractivity contribution < 1.29 is 14.5 Å². The number of carbonyl (C=O) groups excluding carboxylic acids is 1. The Hall–Kier alpha value is -2.96. The predicted molar refractivity (Wildman–Crippen MR) is 82.5 cm³/mol. The van der Waals surface area contributed by atoms with E-state index in [0.29, 0.717) is 24.0 Å². The van der Waals surface area contributed by atoms with Crippen molar-refractivity contribution in [2.45, 2.75) is 12.8 Å². The van der Waals surface area contributed by atoms with Crippen LogP contribution in [-0.2, 0) is 0 Å². The number of nitrogens with one attached hydrogen (secondary N) is 1. The normalized spacial score (nSPS) is 13.4. The second-order valence-electron chi connectivity index (χ2n) is 5.38. The van der Waals surface area contributed by atoms with E-state index in [9.17, 15) is 14.9 Å². The number of ether oxygens (including phenoxy) is 1. The highest BCUT2D eigenvalue weighted by molar-refractivity contribution is 5.92. The van der Waals surface area contributed by atoms with Gasteiger partial charge in [-0.1, -0.05) is 0 Å². The molecule has 1 aromatic heterocycles. The minimum Gasteiger partial charge on any atom is -0.457 e. The van der Waals surface area contributed by atoms with Gasteiger partial charge < -0.3 is 10.1 Å². The molecule has 7 nitrogen and oxygen atoms in total. The number of aromatic nitrogens is 1. The lowest BCUT2D eigenvalue weighted by atomic mass is 10.3. The summed E-state index contributed by atoms with van der Waals surface area (Å²) in [6.45, 7) is 0.675. The standard InChI is InChI=1S/C16H15N3O4/c20-16(18-10-11-1-2-11)15-9-14(7-8-17-15)23-13-5-3-12(4-6-13)19(21)22/h3-9,11H,1-2,10H2,(H,18,20). The van der Waals surface area contributed by atoms with E-state index < -0.39 is 4.92 Å². The highest BCUT2D eigenvalue weighted by atomic mass is 16.6. The van der Waals surface area contributed by atoms with Gasteiger partial charge in [-0.05, 0) is 37.0 Å². The predicted octanol–water partition coefficient (Wildman–Crippen LogP) is 2.92. The van der Waals surface area contributed by atoms with Gasteiger partial charge in [-0.15, -0.1) is 0 Å². The average molecular weight is 313 g/mol. The lowest BCUT2D eigenvalue weighted by molar-refractivity contribution is -0.384. The zero-order valence-corrected chi connectivity index (χ0v) is 12.3. The van der Waals surface area contributed by atoms with Crippen molar-refractivity contribution in [3.63, 3.8) is 0 Å². The first-order valence-corrected chi connectivity index (χ1v) is 7.28. The van der Waals surface area contributed by atoms with E-state index in [2.05, 4.69) is 10.3 Å². The summed E-state index contributed by atoms with van der Waals surface area (Å²) < 4.78 is 5.60. The molecule has 1 N–H and O–H groups in total. The Labute approximate surface area is 132 Å². The number of hydrogen-bond acceptors (Lipinski definition) is 5. The number of rotatable bonds is 6. The molecule has 2 aromatic rings. The summed E-state index contributed by atoms with van der Waals surface area (Å²) in [4.78, 5) is 26.2. The van der Waals surface area contributed by atoms with E-state index in [0.717, 1.165) is 12.8 Å². The van der Waals surface area contributed by atoms with Crippen LogP contribution < -0.4 is 10.1 Å². The molecule has 1 saturated carbocycles. The molecule has 0 atom stereocenters. The fourth-order valence-electron chi connectivity index (χ4n) is 2.02. The monoisotopic (exact) mass is 313 g/mol. The van der Waals surface area contributed by atoms with E-state index in [-0.39, 0.29) is 17.3 Å². The lowest BCUT2D eigenvalue weighted by Gasteiger charge is -2.07. The van der Waals surface area contributed by atoms with Gasteiger partial charge in [0.1, 0.15) is 17.2 Å². The number of non-ortho nitro benzene ring substituents is 1. The highest BCUT2D eigenvalue weighted by Gasteiger charge is 2.22. The van der Waals surface area contributed by atoms with E-state index in [1.165, 1.54) is 30.5 Å². The van der Waals surface area contributed by atoms with Gasteiger partial charge in [0, 0.05) is 30.9 Å². The number of carbonyl (C=O) groups is 1. The summed E-state index contributed by atoms with van der Waals surface area (Å²) >= 11 is 0. The molecule has 1 amide bonds. The Morgan fingerprint density at radius 1 is 1.26 bits per heavy atom. The van der Waals surface area contributed by atoms with Crippen LogP contribution in [0.5, 0.6) is 11.5 Å². The molecular formula is C16H15N3O4. The fourth-order valence-corrected chi connectivity index (χ4v) is 2.02. The van der Waals surface area contributed by atoms with Gasteiger partial charge in [0.25, 0.3) is 11.6 Å². The SMILES string of the molecule is O=C(NCC1CC1)c1cc(Oc2ccc([N+](=O)[O-])cc2)ccn1. The molecule has 1 aromatic carbocycles. The molecule has 23 heavy (non-hydrogen) atoms. The van der Waals surface area contributed by atoms with Gasteiger partial charge in [-0.3, -0.25) is 19.9 Å². The maximum Gasteiger partial charge on any atom is 0.270 e. The van der Waals surface area contributed by atoms with Crippen molar-refractivity contribution in [3.05, 3.63) is 58.4 Å². The summed E-state index contributed by atoms with van der Waals surface area (Å²) in [6.07, 6.45) is 3.82. The lowest BCUT2D eigenvalue weighted by Crippen LogP contribution is -2.26. The van der Waals surface area contributed by atoms with E-state index in [1.54, 1.807) is 12.1 Å². The van der Waals surface area contributed by atoms with E-state index in [4.69, 9.17) is 4.74 Å². The van der Waals surface area contributed by atoms with Crippen LogP contribution in [0.3, 0.4) is 0 Å². The summed E-state index contributed by atoms with van der Waals surface area (Å²) in [5.41, 5.74) is 0.275. The first kappa shape index (κ1) is 15.0. The Balaban J connectivity index is 1.66. The Kier molecular flexibility index (Phi) is 4.18. The van der Waals surface area contributed by atoms with Crippen LogP contribution in [0.25, 0.3) is 0 Å². The minimum absolute atomic E-state index is 0.00720. The van der Waals surface area contributed by atoms with Gasteiger partial charge in [0.05, 0.1) is 4.92 Å². The number of nitrogens with zero attached hydrogens (tertiary/aromatic N) is 2. The quantitative estimate of drug-likeness (QED) is 0.653. The molecule has 1 heterocycles. The van der Waals surface area contributed by atoms with Crippen molar-refractivity contribution in [3.8, 4) is 11.5 Å². The molecule has 0 aliphatic heterocycles. The molecule has 3 rings (SSSR count). The van der Waals surface area contributed by atoms with Crippen LogP contribution in [0.2, 0.25) is 0 Å². The number of nitro benzene ring substituents is 1. The van der Waals surface area contributed by atoms with Gasteiger partial charge in [0.15, 0.2) is 0 Å². The number of nitro groups is 1. The van der Waals surface area contributed by atoms with Crippen LogP contribution in [0, 0.1) is 16.0 Å². The van der Waals surface area contributed by atoms with Crippen molar-refractivity contribution in [1.29, 1.82) is 0 Å². The van der Waals surface area contributed by atoms with Crippen molar-refractivity contribution in [2.75, 3.05) is 6.54 Å². The number of benzene rings is 1. The zero-order chi connectivity index (χ0) is 16.2. The van der Waals surface area contributed by atoms with Crippen LogP contribution in [0.1, 0.15) is 23.3 Å². The molecular weight excluding hydrogens is 298 g/mol. The second kappa shape index (κ2) is 6.43. The molecule has 1 fully saturated rings. The minimum atomic E-state index is -0.474. The molecule has 1 aliphatic rings. The second-order valence-corrected chi connectivity index (χ2v) is 5.38. The topological polar surface area (TPSA) is 94.4 Å². The summed E-state index contributed by atoms with van der Waals surface area (Å²) in [5, 5.41) is 13.5. The van der Waals surface area contributed by atoms with Crippen molar-refractivity contribution in [2.24, 2.45) is 5.92 Å². The molecule has 0 bridgehead atoms. The Morgan fingerprint density at radius 3 is 2.65 bits per heavy atom. The number of hydrogen-bond donors (Lipinski definition) is 1. The molecule has 0 saturated heterocycles. The van der Waals surface area contributed by atoms with Crippen molar-refractivity contribution in [1.82, 2.24) is 10.3 Å². The van der Waals surface area contributed by atoms with Gasteiger partial charge in [0.2, 0.25) is 0 Å². The average Bonchev–Trinajstić information content (AvgIpc) is 3.38. The third-order valence-electron chi connectivity index (χ3n) is 3.50. The molecule has 1 aliphatic carbocycles. The van der Waals surface area contributed by atoms with Crippen molar-refractivity contribution >= 4 is 11.6 Å². The molecule has 0 spiro atoms. The first-order valence-electron chi connectivity index (χ1n) is 7.28. The fraction of sp³-hybridized carbons (Fsp3) is 0.250. The maximum absolute atomic E-state index is 12.0. The summed E-state index contributed by atoms with van der Waals surface area (Å²) in [5.74, 6) is 1.26.